The molecule has 0 fully saturated rings. The molecule has 0 aliphatic carbocycles. The standard InChI is InChI=1S/C15H16O2/c1-3-12-4-6-14(7-5-12)17-15-10-8-13(16-2)9-11-15/h4-11H,3H2,1-2H3. The predicted molar refractivity (Wildman–Crippen MR) is 68.9 cm³/mol. The van der Waals surface area contributed by atoms with Gasteiger partial charge in [0.15, 0.2) is 0 Å². The monoisotopic (exact) mass is 228 g/mol. The van der Waals surface area contributed by atoms with Crippen LogP contribution in [0.15, 0.2) is 48.5 Å². The minimum Gasteiger partial charge on any atom is -0.497 e. The number of benzene rings is 2. The van der Waals surface area contributed by atoms with Crippen LogP contribution in [0.5, 0.6) is 17.2 Å². The number of hydrogen-bond acceptors (Lipinski definition) is 2. The highest BCUT2D eigenvalue weighted by Gasteiger charge is 1.98. The third kappa shape index (κ3) is 3.00. The van der Waals surface area contributed by atoms with Gasteiger partial charge in [-0.15, -0.1) is 0 Å². The van der Waals surface area contributed by atoms with Crippen LogP contribution >= 0.6 is 0 Å². The Morgan fingerprint density at radius 2 is 1.24 bits per heavy atom. The van der Waals surface area contributed by atoms with Crippen LogP contribution in [0.4, 0.5) is 0 Å². The van der Waals surface area contributed by atoms with E-state index in [4.69, 9.17) is 9.47 Å². The van der Waals surface area contributed by atoms with Crippen molar-refractivity contribution in [2.24, 2.45) is 0 Å². The largest absolute Gasteiger partial charge is 0.497 e. The molecule has 0 saturated carbocycles. The van der Waals surface area contributed by atoms with E-state index in [0.29, 0.717) is 0 Å². The van der Waals surface area contributed by atoms with E-state index in [1.54, 1.807) is 7.11 Å². The molecular weight excluding hydrogens is 212 g/mol. The summed E-state index contributed by atoms with van der Waals surface area (Å²) in [7, 11) is 1.65. The van der Waals surface area contributed by atoms with Crippen LogP contribution in [0, 0.1) is 0 Å². The molecule has 0 aliphatic heterocycles. The zero-order valence-corrected chi connectivity index (χ0v) is 10.1. The van der Waals surface area contributed by atoms with E-state index in [1.165, 1.54) is 5.56 Å². The van der Waals surface area contributed by atoms with Crippen LogP contribution in [0.3, 0.4) is 0 Å². The van der Waals surface area contributed by atoms with Crippen LogP contribution < -0.4 is 9.47 Å². The number of hydrogen-bond donors (Lipinski definition) is 0. The van der Waals surface area contributed by atoms with Gasteiger partial charge in [-0.05, 0) is 48.4 Å². The summed E-state index contributed by atoms with van der Waals surface area (Å²) in [5.41, 5.74) is 1.31. The summed E-state index contributed by atoms with van der Waals surface area (Å²) >= 11 is 0. The molecule has 2 aromatic carbocycles. The van der Waals surface area contributed by atoms with Crippen molar-refractivity contribution in [1.82, 2.24) is 0 Å². The number of ether oxygens (including phenoxy) is 2. The minimum absolute atomic E-state index is 0.815. The molecule has 0 radical (unpaired) electrons. The Labute approximate surface area is 102 Å². The molecule has 0 aliphatic rings. The van der Waals surface area contributed by atoms with Gasteiger partial charge in [0.1, 0.15) is 17.2 Å². The maximum Gasteiger partial charge on any atom is 0.127 e. The molecule has 0 unspecified atom stereocenters. The van der Waals surface area contributed by atoms with Crippen molar-refractivity contribution in [2.45, 2.75) is 13.3 Å². The Balaban J connectivity index is 2.08. The van der Waals surface area contributed by atoms with E-state index in [0.717, 1.165) is 23.7 Å². The summed E-state index contributed by atoms with van der Waals surface area (Å²) < 4.78 is 10.8. The molecule has 0 aromatic heterocycles. The van der Waals surface area contributed by atoms with E-state index >= 15 is 0 Å². The number of rotatable bonds is 4. The van der Waals surface area contributed by atoms with Crippen molar-refractivity contribution < 1.29 is 9.47 Å². The van der Waals surface area contributed by atoms with Crippen molar-refractivity contribution in [3.05, 3.63) is 54.1 Å². The van der Waals surface area contributed by atoms with Gasteiger partial charge in [0, 0.05) is 0 Å². The molecule has 2 rings (SSSR count). The van der Waals surface area contributed by atoms with Gasteiger partial charge >= 0.3 is 0 Å². The van der Waals surface area contributed by atoms with Crippen LogP contribution in [-0.4, -0.2) is 7.11 Å². The Hall–Kier alpha value is -1.96. The first kappa shape index (κ1) is 11.5. The Morgan fingerprint density at radius 3 is 1.71 bits per heavy atom. The second-order valence-electron chi connectivity index (χ2n) is 3.78. The minimum atomic E-state index is 0.815. The van der Waals surface area contributed by atoms with Crippen LogP contribution in [-0.2, 0) is 6.42 Å². The van der Waals surface area contributed by atoms with Crippen LogP contribution in [0.25, 0.3) is 0 Å². The molecule has 2 nitrogen and oxygen atoms in total. The lowest BCUT2D eigenvalue weighted by molar-refractivity contribution is 0.413. The zero-order valence-electron chi connectivity index (χ0n) is 10.1. The second kappa shape index (κ2) is 5.39. The average molecular weight is 228 g/mol. The van der Waals surface area contributed by atoms with Gasteiger partial charge < -0.3 is 9.47 Å². The fourth-order valence-electron chi connectivity index (χ4n) is 1.57. The van der Waals surface area contributed by atoms with E-state index in [1.807, 2.05) is 36.4 Å². The maximum atomic E-state index is 5.72. The highest BCUT2D eigenvalue weighted by molar-refractivity contribution is 5.36. The molecule has 2 aromatic rings. The third-order valence-electron chi connectivity index (χ3n) is 2.63. The lowest BCUT2D eigenvalue weighted by atomic mass is 10.2. The predicted octanol–water partition coefficient (Wildman–Crippen LogP) is 4.05. The van der Waals surface area contributed by atoms with Gasteiger partial charge in [0.2, 0.25) is 0 Å². The van der Waals surface area contributed by atoms with Crippen LogP contribution in [0.2, 0.25) is 0 Å². The Kier molecular flexibility index (Phi) is 3.66. The van der Waals surface area contributed by atoms with E-state index in [-0.39, 0.29) is 0 Å². The second-order valence-corrected chi connectivity index (χ2v) is 3.78. The zero-order chi connectivity index (χ0) is 12.1. The van der Waals surface area contributed by atoms with Crippen molar-refractivity contribution in [3.8, 4) is 17.2 Å². The van der Waals surface area contributed by atoms with Crippen molar-refractivity contribution >= 4 is 0 Å². The van der Waals surface area contributed by atoms with Crippen molar-refractivity contribution in [2.75, 3.05) is 7.11 Å². The molecule has 0 spiro atoms. The smallest absolute Gasteiger partial charge is 0.127 e. The molecule has 0 heterocycles. The Morgan fingerprint density at radius 1 is 0.765 bits per heavy atom. The normalized spacial score (nSPS) is 10.0. The maximum absolute atomic E-state index is 5.72. The molecule has 88 valence electrons. The molecule has 0 atom stereocenters. The summed E-state index contributed by atoms with van der Waals surface area (Å²) in [5.74, 6) is 2.50. The van der Waals surface area contributed by atoms with Gasteiger partial charge in [-0.1, -0.05) is 19.1 Å². The first-order valence-electron chi connectivity index (χ1n) is 5.72. The highest BCUT2D eigenvalue weighted by Crippen LogP contribution is 2.23. The third-order valence-corrected chi connectivity index (χ3v) is 2.63. The fourth-order valence-corrected chi connectivity index (χ4v) is 1.57. The van der Waals surface area contributed by atoms with Crippen molar-refractivity contribution in [3.63, 3.8) is 0 Å². The topological polar surface area (TPSA) is 18.5 Å². The van der Waals surface area contributed by atoms with Gasteiger partial charge in [-0.25, -0.2) is 0 Å². The fraction of sp³-hybridized carbons (Fsp3) is 0.200. The quantitative estimate of drug-likeness (QED) is 0.786. The molecule has 2 heteroatoms. The summed E-state index contributed by atoms with van der Waals surface area (Å²) in [4.78, 5) is 0. The Bertz CT molecular complexity index is 412. The van der Waals surface area contributed by atoms with Crippen LogP contribution in [0.1, 0.15) is 12.5 Å². The van der Waals surface area contributed by atoms with Gasteiger partial charge in [0.25, 0.3) is 0 Å². The summed E-state index contributed by atoms with van der Waals surface area (Å²) in [6.45, 7) is 2.14. The summed E-state index contributed by atoms with van der Waals surface area (Å²) in [6, 6.07) is 15.7. The van der Waals surface area contributed by atoms with E-state index < -0.39 is 0 Å². The first-order valence-corrected chi connectivity index (χ1v) is 5.72. The molecule has 0 bridgehead atoms. The van der Waals surface area contributed by atoms with Gasteiger partial charge in [-0.2, -0.15) is 0 Å². The average Bonchev–Trinajstić information content (AvgIpc) is 2.40. The molecule has 17 heavy (non-hydrogen) atoms. The van der Waals surface area contributed by atoms with E-state index in [9.17, 15) is 0 Å². The lowest BCUT2D eigenvalue weighted by Gasteiger charge is -2.07. The van der Waals surface area contributed by atoms with Crippen molar-refractivity contribution in [1.29, 1.82) is 0 Å². The summed E-state index contributed by atoms with van der Waals surface area (Å²) in [5, 5.41) is 0. The SMILES string of the molecule is CCc1ccc(Oc2ccc(OC)cc2)cc1. The first-order chi connectivity index (χ1) is 8.31. The van der Waals surface area contributed by atoms with E-state index in [2.05, 4.69) is 19.1 Å². The number of aryl methyl sites for hydroxylation is 1. The molecule has 0 N–H and O–H groups in total. The highest BCUT2D eigenvalue weighted by atomic mass is 16.5. The van der Waals surface area contributed by atoms with Gasteiger partial charge in [0.05, 0.1) is 7.11 Å². The number of methoxy groups -OCH3 is 1. The lowest BCUT2D eigenvalue weighted by Crippen LogP contribution is -1.86. The van der Waals surface area contributed by atoms with Gasteiger partial charge in [-0.3, -0.25) is 0 Å². The molecule has 0 amide bonds. The summed E-state index contributed by atoms with van der Waals surface area (Å²) in [6.07, 6.45) is 1.04. The molecular formula is C15H16O2. The molecule has 0 saturated heterocycles.